The van der Waals surface area contributed by atoms with E-state index in [-0.39, 0.29) is 18.9 Å². The number of fused-ring (bicyclic) bond motifs is 2. The molecule has 248 valence electrons. The number of ether oxygens (including phenoxy) is 1. The van der Waals surface area contributed by atoms with Crippen LogP contribution in [0.3, 0.4) is 0 Å². The molecule has 1 aromatic carbocycles. The lowest BCUT2D eigenvalue weighted by molar-refractivity contribution is -0.145. The van der Waals surface area contributed by atoms with Crippen LogP contribution in [0.25, 0.3) is 11.3 Å². The minimum Gasteiger partial charge on any atom is -0.479 e. The first-order valence-electron chi connectivity index (χ1n) is 16.4. The fraction of sp³-hybridized carbons (Fsp3) is 0.588. The van der Waals surface area contributed by atoms with E-state index in [1.54, 1.807) is 25.6 Å². The zero-order chi connectivity index (χ0) is 33.1. The summed E-state index contributed by atoms with van der Waals surface area (Å²) in [7, 11) is 0. The second-order valence-electron chi connectivity index (χ2n) is 13.7. The second-order valence-corrected chi connectivity index (χ2v) is 13.7. The number of allylic oxidation sites excluding steroid dienone is 1. The third-order valence-electron chi connectivity index (χ3n) is 8.89. The monoisotopic (exact) mass is 634 g/mol. The van der Waals surface area contributed by atoms with Gasteiger partial charge in [0.25, 0.3) is 0 Å². The van der Waals surface area contributed by atoms with Gasteiger partial charge in [0.2, 0.25) is 11.8 Å². The van der Waals surface area contributed by atoms with Crippen LogP contribution in [0.1, 0.15) is 90.8 Å². The maximum absolute atomic E-state index is 14.3. The van der Waals surface area contributed by atoms with Crippen molar-refractivity contribution >= 4 is 23.9 Å². The molecular weight excluding hydrogens is 588 g/mol. The molecule has 2 fully saturated rings. The Hall–Kier alpha value is -4.22. The Morgan fingerprint density at radius 2 is 1.89 bits per heavy atom. The first-order valence-corrected chi connectivity index (χ1v) is 16.4. The Labute approximate surface area is 269 Å². The summed E-state index contributed by atoms with van der Waals surface area (Å²) >= 11 is 0. The normalized spacial score (nSPS) is 27.8. The Balaban J connectivity index is 1.48. The molecule has 1 saturated carbocycles. The fourth-order valence-electron chi connectivity index (χ4n) is 6.44. The number of nitrogens with one attached hydrogen (secondary N) is 2. The van der Waals surface area contributed by atoms with Crippen molar-refractivity contribution in [2.45, 2.75) is 115 Å². The van der Waals surface area contributed by atoms with E-state index < -0.39 is 53.1 Å². The predicted octanol–water partition coefficient (Wildman–Crippen LogP) is 4.41. The van der Waals surface area contributed by atoms with Gasteiger partial charge in [-0.1, -0.05) is 68.7 Å². The molecule has 3 N–H and O–H groups in total. The van der Waals surface area contributed by atoms with Gasteiger partial charge < -0.3 is 25.4 Å². The number of rotatable bonds is 6. The van der Waals surface area contributed by atoms with Crippen LogP contribution in [0.5, 0.6) is 0 Å². The molecule has 1 aromatic heterocycles. The van der Waals surface area contributed by atoms with Gasteiger partial charge in [0.1, 0.15) is 28.9 Å². The quantitative estimate of drug-likeness (QED) is 0.395. The number of carboxylic acids is 1. The van der Waals surface area contributed by atoms with Crippen LogP contribution in [-0.4, -0.2) is 78.6 Å². The van der Waals surface area contributed by atoms with Gasteiger partial charge >= 0.3 is 12.1 Å². The topological polar surface area (TPSA) is 156 Å². The SMILES string of the molecule is CCCc1nn([C@H]2C[C@H]3C(=O)N[C@@]4(C(=O)O)C[C@H]4/C=C\CCCCC[C@@H](NC(=O)OC(C)(C)C)C(=O)N3C2)nc1-c1ccccc1. The summed E-state index contributed by atoms with van der Waals surface area (Å²) in [5.41, 5.74) is 0.343. The first kappa shape index (κ1) is 33.2. The molecule has 3 aliphatic rings. The highest BCUT2D eigenvalue weighted by atomic mass is 16.6. The Morgan fingerprint density at radius 3 is 2.59 bits per heavy atom. The van der Waals surface area contributed by atoms with E-state index in [2.05, 4.69) is 17.6 Å². The molecule has 0 bridgehead atoms. The number of aliphatic carboxylic acids is 1. The van der Waals surface area contributed by atoms with E-state index in [0.29, 0.717) is 25.7 Å². The number of carbonyl (C=O) groups excluding carboxylic acids is 3. The molecule has 3 amide bonds. The van der Waals surface area contributed by atoms with Gasteiger partial charge in [-0.25, -0.2) is 9.59 Å². The van der Waals surface area contributed by atoms with Gasteiger partial charge in [-0.2, -0.15) is 15.0 Å². The van der Waals surface area contributed by atoms with Crippen LogP contribution in [0.15, 0.2) is 42.5 Å². The summed E-state index contributed by atoms with van der Waals surface area (Å²) in [5.74, 6) is -2.37. The van der Waals surface area contributed by atoms with E-state index in [1.807, 2.05) is 42.5 Å². The minimum atomic E-state index is -1.41. The molecule has 2 aliphatic heterocycles. The fourth-order valence-corrected chi connectivity index (χ4v) is 6.44. The number of aryl methyl sites for hydroxylation is 1. The van der Waals surface area contributed by atoms with Crippen LogP contribution in [0.4, 0.5) is 4.79 Å². The molecule has 12 heteroatoms. The van der Waals surface area contributed by atoms with Crippen molar-refractivity contribution in [2.75, 3.05) is 6.54 Å². The van der Waals surface area contributed by atoms with E-state index in [0.717, 1.165) is 42.6 Å². The molecule has 0 unspecified atom stereocenters. The van der Waals surface area contributed by atoms with Gasteiger partial charge in [0.15, 0.2) is 0 Å². The molecule has 0 spiro atoms. The lowest BCUT2D eigenvalue weighted by atomic mass is 10.0. The van der Waals surface area contributed by atoms with Crippen molar-refractivity contribution in [3.05, 3.63) is 48.2 Å². The van der Waals surface area contributed by atoms with Crippen LogP contribution in [-0.2, 0) is 25.5 Å². The maximum Gasteiger partial charge on any atom is 0.408 e. The van der Waals surface area contributed by atoms with Crippen molar-refractivity contribution in [1.82, 2.24) is 30.5 Å². The molecule has 0 radical (unpaired) electrons. The number of nitrogens with zero attached hydrogens (tertiary/aromatic N) is 4. The highest BCUT2D eigenvalue weighted by Crippen LogP contribution is 2.45. The molecule has 5 rings (SSSR count). The first-order chi connectivity index (χ1) is 21.9. The standard InChI is InChI=1S/C34H46N6O6/c1-5-14-25-28(22-15-10-9-11-16-22)38-40(37-25)24-19-27-29(41)36-34(31(43)44)20-23(34)17-12-7-6-8-13-18-26(30(42)39(27)21-24)35-32(45)46-33(2,3)4/h9-12,15-17,23-24,26-27H,5-8,13-14,18-21H2,1-4H3,(H,35,45)(H,36,41)(H,43,44)/b17-12-/t23-,24+,26-,27+,34+/m1/s1. The summed E-state index contributed by atoms with van der Waals surface area (Å²) in [4.78, 5) is 56.6. The average molecular weight is 635 g/mol. The van der Waals surface area contributed by atoms with Crippen LogP contribution in [0.2, 0.25) is 0 Å². The van der Waals surface area contributed by atoms with Crippen molar-refractivity contribution < 1.29 is 29.0 Å². The summed E-state index contributed by atoms with van der Waals surface area (Å²) in [6, 6.07) is 7.42. The summed E-state index contributed by atoms with van der Waals surface area (Å²) < 4.78 is 5.48. The van der Waals surface area contributed by atoms with E-state index in [4.69, 9.17) is 14.9 Å². The number of benzene rings is 1. The van der Waals surface area contributed by atoms with Gasteiger partial charge in [-0.05, 0) is 52.9 Å². The van der Waals surface area contributed by atoms with E-state index in [1.165, 1.54) is 4.90 Å². The number of hydrogen-bond donors (Lipinski definition) is 3. The van der Waals surface area contributed by atoms with Crippen molar-refractivity contribution in [2.24, 2.45) is 5.92 Å². The largest absolute Gasteiger partial charge is 0.479 e. The Morgan fingerprint density at radius 1 is 1.13 bits per heavy atom. The molecule has 3 heterocycles. The van der Waals surface area contributed by atoms with E-state index >= 15 is 0 Å². The van der Waals surface area contributed by atoms with Crippen LogP contribution < -0.4 is 10.6 Å². The van der Waals surface area contributed by atoms with Gasteiger partial charge in [0, 0.05) is 24.4 Å². The summed E-state index contributed by atoms with van der Waals surface area (Å²) in [6.07, 6.45) is 8.70. The van der Waals surface area contributed by atoms with E-state index in [9.17, 15) is 24.3 Å². The van der Waals surface area contributed by atoms with Gasteiger partial charge in [-0.15, -0.1) is 0 Å². The summed E-state index contributed by atoms with van der Waals surface area (Å²) in [5, 5.41) is 25.4. The highest BCUT2D eigenvalue weighted by Gasteiger charge is 2.61. The zero-order valence-corrected chi connectivity index (χ0v) is 27.2. The molecule has 5 atom stereocenters. The third kappa shape index (κ3) is 7.42. The molecule has 2 aromatic rings. The summed E-state index contributed by atoms with van der Waals surface area (Å²) in [6.45, 7) is 7.45. The average Bonchev–Trinajstić information content (AvgIpc) is 3.31. The van der Waals surface area contributed by atoms with Gasteiger partial charge in [-0.3, -0.25) is 9.59 Å². The number of aromatic nitrogens is 3. The number of alkyl carbamates (subject to hydrolysis) is 1. The number of hydrogen-bond acceptors (Lipinski definition) is 7. The molecule has 1 aliphatic carbocycles. The molecule has 12 nitrogen and oxygen atoms in total. The van der Waals surface area contributed by atoms with Crippen LogP contribution >= 0.6 is 0 Å². The molecule has 46 heavy (non-hydrogen) atoms. The van der Waals surface area contributed by atoms with Gasteiger partial charge in [0.05, 0.1) is 11.7 Å². The van der Waals surface area contributed by atoms with Crippen molar-refractivity contribution in [3.63, 3.8) is 0 Å². The predicted molar refractivity (Wildman–Crippen MR) is 171 cm³/mol. The lowest BCUT2D eigenvalue weighted by Gasteiger charge is -2.30. The Bertz CT molecular complexity index is 1470. The number of amides is 3. The maximum atomic E-state index is 14.3. The van der Waals surface area contributed by atoms with Crippen molar-refractivity contribution in [3.8, 4) is 11.3 Å². The molecule has 1 saturated heterocycles. The lowest BCUT2D eigenvalue weighted by Crippen LogP contribution is -2.56. The Kier molecular flexibility index (Phi) is 9.83. The van der Waals surface area contributed by atoms with Crippen molar-refractivity contribution in [1.29, 1.82) is 0 Å². The number of carbonyl (C=O) groups is 4. The van der Waals surface area contributed by atoms with Crippen LogP contribution in [0, 0.1) is 5.92 Å². The minimum absolute atomic E-state index is 0.126. The zero-order valence-electron chi connectivity index (χ0n) is 27.2. The highest BCUT2D eigenvalue weighted by molar-refractivity contribution is 5.96. The smallest absolute Gasteiger partial charge is 0.408 e. The third-order valence-corrected chi connectivity index (χ3v) is 8.89. The number of carboxylic acid groups (broad SMARTS) is 1. The molecular formula is C34H46N6O6. The second kappa shape index (κ2) is 13.6.